The zero-order valence-corrected chi connectivity index (χ0v) is 21.6. The van der Waals surface area contributed by atoms with E-state index >= 15 is 0 Å². The highest BCUT2D eigenvalue weighted by molar-refractivity contribution is 8.78. The molecule has 0 atom stereocenters. The molecule has 164 valence electrons. The van der Waals surface area contributed by atoms with Crippen molar-refractivity contribution in [2.24, 2.45) is 0 Å². The Balaban J connectivity index is -0.000000125. The first-order chi connectivity index (χ1) is 12.0. The van der Waals surface area contributed by atoms with E-state index in [-0.39, 0.29) is 0 Å². The molecule has 0 radical (unpaired) electrons. The van der Waals surface area contributed by atoms with Crippen molar-refractivity contribution < 1.29 is 9.46 Å². The molecule has 0 rings (SSSR count). The van der Waals surface area contributed by atoms with E-state index in [0.29, 0.717) is 0 Å². The third-order valence-corrected chi connectivity index (χ3v) is 4.02. The molecule has 8 heteroatoms. The molecule has 0 heterocycles. The molecule has 0 bridgehead atoms. The summed E-state index contributed by atoms with van der Waals surface area (Å²) in [5.41, 5.74) is 0. The zero-order chi connectivity index (χ0) is 21.6. The van der Waals surface area contributed by atoms with Gasteiger partial charge >= 0.3 is 5.77 Å². The number of hydrogen-bond acceptors (Lipinski definition) is 4. The Morgan fingerprint density at radius 2 is 0.615 bits per heavy atom. The molecule has 0 amide bonds. The van der Waals surface area contributed by atoms with Crippen molar-refractivity contribution in [3.63, 3.8) is 0 Å². The maximum Gasteiger partial charge on any atom is 0.304 e. The van der Waals surface area contributed by atoms with Crippen LogP contribution >= 0.6 is 30.3 Å². The molecule has 0 aliphatic rings. The molecule has 5 nitrogen and oxygen atoms in total. The van der Waals surface area contributed by atoms with Gasteiger partial charge < -0.3 is 19.6 Å². The topological polar surface area (TPSA) is 47.0 Å². The van der Waals surface area contributed by atoms with Crippen LogP contribution in [-0.4, -0.2) is 78.5 Å². The van der Waals surface area contributed by atoms with Crippen LogP contribution in [0.5, 0.6) is 0 Å². The van der Waals surface area contributed by atoms with Crippen LogP contribution in [0, 0.1) is 0 Å². The van der Waals surface area contributed by atoms with Gasteiger partial charge in [-0.2, -0.15) is 0 Å². The van der Waals surface area contributed by atoms with Gasteiger partial charge in [0.05, 0.1) is 0 Å². The van der Waals surface area contributed by atoms with E-state index in [1.165, 1.54) is 58.9 Å². The molecule has 0 saturated carbocycles. The highest BCUT2D eigenvalue weighted by Crippen LogP contribution is 2.50. The summed E-state index contributed by atoms with van der Waals surface area (Å²) in [7, 11) is 0. The van der Waals surface area contributed by atoms with Crippen molar-refractivity contribution in [1.29, 1.82) is 0 Å². The molecule has 0 aromatic heterocycles. The molecule has 0 spiro atoms. The van der Waals surface area contributed by atoms with Crippen molar-refractivity contribution in [3.8, 4) is 0 Å². The van der Waals surface area contributed by atoms with Crippen LogP contribution in [0.2, 0.25) is 0 Å². The fourth-order valence-electron chi connectivity index (χ4n) is 2.01. The highest BCUT2D eigenvalue weighted by atomic mass is 33.1. The van der Waals surface area contributed by atoms with Crippen molar-refractivity contribution in [3.05, 3.63) is 0 Å². The Bertz CT molecular complexity index is 230. The van der Waals surface area contributed by atoms with Gasteiger partial charge in [0.25, 0.3) is 0 Å². The van der Waals surface area contributed by atoms with Gasteiger partial charge in [0.15, 0.2) is 0 Å². The van der Waals surface area contributed by atoms with Crippen molar-refractivity contribution in [2.45, 2.75) is 62.3 Å². The van der Waals surface area contributed by atoms with E-state index in [4.69, 9.17) is 4.89 Å². The number of nitrogens with zero attached hydrogens (tertiary/aromatic N) is 3. The largest absolute Gasteiger partial charge is 0.330 e. The normalized spacial score (nSPS) is 10.6. The minimum absolute atomic E-state index is 1.19. The van der Waals surface area contributed by atoms with E-state index in [9.17, 15) is 4.57 Å². The Labute approximate surface area is 175 Å². The first-order valence-electron chi connectivity index (χ1n) is 9.99. The summed E-state index contributed by atoms with van der Waals surface area (Å²) in [5.74, 6) is -3.25. The maximum atomic E-state index is 9.50. The molecule has 0 aliphatic heterocycles. The molecule has 0 aromatic rings. The lowest BCUT2D eigenvalue weighted by molar-refractivity contribution is 0.321. The quantitative estimate of drug-likeness (QED) is 0.353. The van der Waals surface area contributed by atoms with Crippen molar-refractivity contribution in [2.75, 3.05) is 58.9 Å². The van der Waals surface area contributed by atoms with Gasteiger partial charge in [-0.3, -0.25) is 4.57 Å². The summed E-state index contributed by atoms with van der Waals surface area (Å²) in [6.07, 6.45) is 0. The molecule has 0 aromatic carbocycles. The summed E-state index contributed by atoms with van der Waals surface area (Å²) in [5, 5.41) is 0. The lowest BCUT2D eigenvalue weighted by atomic mass is 10.5. The summed E-state index contributed by atoms with van der Waals surface area (Å²) in [6, 6.07) is 0. The smallest absolute Gasteiger partial charge is 0.304 e. The number of thiol groups is 2. The van der Waals surface area contributed by atoms with Gasteiger partial charge in [0.1, 0.15) is 0 Å². The molecule has 0 aliphatic carbocycles. The van der Waals surface area contributed by atoms with Gasteiger partial charge in [-0.15, -0.1) is 0 Å². The van der Waals surface area contributed by atoms with E-state index in [0.717, 1.165) is 0 Å². The van der Waals surface area contributed by atoms with Crippen LogP contribution in [0.4, 0.5) is 0 Å². The summed E-state index contributed by atoms with van der Waals surface area (Å²) >= 11 is 6.20. The van der Waals surface area contributed by atoms with Gasteiger partial charge in [-0.25, -0.2) is 0 Å². The Hall–Kier alpha value is 0.770. The van der Waals surface area contributed by atoms with Crippen molar-refractivity contribution in [1.82, 2.24) is 14.7 Å². The van der Waals surface area contributed by atoms with E-state index < -0.39 is 5.77 Å². The average molecular weight is 434 g/mol. The van der Waals surface area contributed by atoms with Gasteiger partial charge in [-0.05, 0) is 58.9 Å². The fraction of sp³-hybridized carbons (Fsp3) is 1.00. The average Bonchev–Trinajstić information content (AvgIpc) is 2.59. The van der Waals surface area contributed by atoms with Crippen LogP contribution in [0.25, 0.3) is 0 Å². The third-order valence-electron chi connectivity index (χ3n) is 4.02. The number of hydrogen-bond donors (Lipinski definition) is 3. The predicted molar refractivity (Wildman–Crippen MR) is 128 cm³/mol. The molecular weight excluding hydrogens is 385 g/mol. The molecule has 0 fully saturated rings. The molecule has 26 heavy (non-hydrogen) atoms. The van der Waals surface area contributed by atoms with E-state index in [2.05, 4.69) is 102 Å². The van der Waals surface area contributed by atoms with Gasteiger partial charge in [-0.1, -0.05) is 86.8 Å². The maximum absolute atomic E-state index is 9.50. The van der Waals surface area contributed by atoms with Crippen molar-refractivity contribution >= 4 is 30.3 Å². The monoisotopic (exact) mass is 433 g/mol. The SMILES string of the molecule is CCN(CC)CC.CCN(CC)CC.CCN(CC)CC.O=P(O)(S)S. The highest BCUT2D eigenvalue weighted by Gasteiger charge is 1.96. The van der Waals surface area contributed by atoms with Gasteiger partial charge in [0.2, 0.25) is 0 Å². The zero-order valence-electron chi connectivity index (χ0n) is 18.9. The molecule has 0 saturated heterocycles. The van der Waals surface area contributed by atoms with E-state index in [1.807, 2.05) is 0 Å². The van der Waals surface area contributed by atoms with Crippen LogP contribution < -0.4 is 0 Å². The van der Waals surface area contributed by atoms with Crippen LogP contribution in [0.15, 0.2) is 0 Å². The molecule has 1 N–H and O–H groups in total. The van der Waals surface area contributed by atoms with Crippen LogP contribution in [0.1, 0.15) is 62.3 Å². The predicted octanol–water partition coefficient (Wildman–Crippen LogP) is 4.99. The fourth-order valence-corrected chi connectivity index (χ4v) is 2.01. The van der Waals surface area contributed by atoms with Crippen LogP contribution in [-0.2, 0) is 4.57 Å². The second-order valence-corrected chi connectivity index (χ2v) is 10.6. The molecular formula is C18H48N3O2PS2. The van der Waals surface area contributed by atoms with E-state index in [1.54, 1.807) is 0 Å². The Morgan fingerprint density at radius 1 is 0.538 bits per heavy atom. The Morgan fingerprint density at radius 3 is 0.615 bits per heavy atom. The lowest BCUT2D eigenvalue weighted by Gasteiger charge is -2.13. The minimum atomic E-state index is -3.25. The Kier molecular flexibility index (Phi) is 34.0. The lowest BCUT2D eigenvalue weighted by Crippen LogP contribution is -2.21. The standard InChI is InChI=1S/3C6H15N.H3O2PS2/c3*1-4-7(5-2)6-3;1-3(2,4)5/h3*4-6H2,1-3H3;(H3,1,2,4,5). The summed E-state index contributed by atoms with van der Waals surface area (Å²) in [6.45, 7) is 30.4. The van der Waals surface area contributed by atoms with Gasteiger partial charge in [0, 0.05) is 0 Å². The summed E-state index contributed by atoms with van der Waals surface area (Å²) < 4.78 is 9.50. The second kappa shape index (κ2) is 25.8. The van der Waals surface area contributed by atoms with Crippen LogP contribution in [0.3, 0.4) is 0 Å². The first-order valence-corrected chi connectivity index (χ1v) is 14.0. The number of rotatable bonds is 9. The first kappa shape index (κ1) is 34.3. The third kappa shape index (κ3) is 39.7. The molecule has 0 unspecified atom stereocenters. The summed E-state index contributed by atoms with van der Waals surface area (Å²) in [4.78, 5) is 14.9. The second-order valence-electron chi connectivity index (χ2n) is 5.37. The minimum Gasteiger partial charge on any atom is -0.330 e.